The van der Waals surface area contributed by atoms with Crippen LogP contribution in [0.15, 0.2) is 66.7 Å². The predicted octanol–water partition coefficient (Wildman–Crippen LogP) is 4.47. The molecule has 1 atom stereocenters. The van der Waals surface area contributed by atoms with Gasteiger partial charge in [-0.2, -0.15) is 0 Å². The SMILES string of the molecule is Cc1ccc(C(C)(c2ccc(O)cc2)c2ccc(O)c(O)c2)cc1. The minimum Gasteiger partial charge on any atom is -0.508 e. The first kappa shape index (κ1) is 15.9. The molecule has 3 heteroatoms. The summed E-state index contributed by atoms with van der Waals surface area (Å²) in [6.07, 6.45) is 0. The fraction of sp³-hybridized carbons (Fsp3) is 0.143. The van der Waals surface area contributed by atoms with E-state index in [9.17, 15) is 15.3 Å². The Kier molecular flexibility index (Phi) is 3.94. The van der Waals surface area contributed by atoms with Crippen molar-refractivity contribution in [2.24, 2.45) is 0 Å². The molecular weight excluding hydrogens is 300 g/mol. The molecule has 24 heavy (non-hydrogen) atoms. The van der Waals surface area contributed by atoms with Crippen LogP contribution in [0, 0.1) is 6.92 Å². The molecular formula is C21H20O3. The van der Waals surface area contributed by atoms with Crippen LogP contribution in [0.1, 0.15) is 29.2 Å². The highest BCUT2D eigenvalue weighted by atomic mass is 16.3. The van der Waals surface area contributed by atoms with E-state index in [1.54, 1.807) is 18.2 Å². The zero-order chi connectivity index (χ0) is 17.3. The first-order valence-corrected chi connectivity index (χ1v) is 7.80. The van der Waals surface area contributed by atoms with Crippen molar-refractivity contribution in [3.05, 3.63) is 89.0 Å². The van der Waals surface area contributed by atoms with E-state index in [4.69, 9.17) is 0 Å². The molecule has 0 aliphatic carbocycles. The molecule has 0 bridgehead atoms. The Morgan fingerprint density at radius 3 is 1.67 bits per heavy atom. The van der Waals surface area contributed by atoms with Gasteiger partial charge in [0.2, 0.25) is 0 Å². The summed E-state index contributed by atoms with van der Waals surface area (Å²) < 4.78 is 0. The van der Waals surface area contributed by atoms with Gasteiger partial charge in [-0.3, -0.25) is 0 Å². The van der Waals surface area contributed by atoms with E-state index in [0.29, 0.717) is 0 Å². The Morgan fingerprint density at radius 2 is 1.12 bits per heavy atom. The lowest BCUT2D eigenvalue weighted by Gasteiger charge is -2.32. The molecule has 3 aromatic carbocycles. The van der Waals surface area contributed by atoms with Crippen molar-refractivity contribution in [2.45, 2.75) is 19.3 Å². The lowest BCUT2D eigenvalue weighted by atomic mass is 9.71. The normalized spacial score (nSPS) is 13.4. The fourth-order valence-corrected chi connectivity index (χ4v) is 3.02. The number of rotatable bonds is 3. The van der Waals surface area contributed by atoms with E-state index in [2.05, 4.69) is 19.1 Å². The minimum atomic E-state index is -0.535. The van der Waals surface area contributed by atoms with Gasteiger partial charge in [-0.25, -0.2) is 0 Å². The molecule has 0 radical (unpaired) electrons. The second-order valence-electron chi connectivity index (χ2n) is 6.24. The summed E-state index contributed by atoms with van der Waals surface area (Å²) in [5.41, 5.74) is 3.53. The monoisotopic (exact) mass is 320 g/mol. The molecule has 0 aliphatic heterocycles. The fourth-order valence-electron chi connectivity index (χ4n) is 3.02. The second kappa shape index (κ2) is 5.93. The highest BCUT2D eigenvalue weighted by Gasteiger charge is 2.31. The summed E-state index contributed by atoms with van der Waals surface area (Å²) in [7, 11) is 0. The molecule has 3 nitrogen and oxygen atoms in total. The van der Waals surface area contributed by atoms with Gasteiger partial charge in [0.1, 0.15) is 5.75 Å². The minimum absolute atomic E-state index is 0.143. The van der Waals surface area contributed by atoms with Gasteiger partial charge in [-0.15, -0.1) is 0 Å². The van der Waals surface area contributed by atoms with Gasteiger partial charge in [0, 0.05) is 5.41 Å². The predicted molar refractivity (Wildman–Crippen MR) is 94.6 cm³/mol. The number of aryl methyl sites for hydroxylation is 1. The number of aromatic hydroxyl groups is 3. The average molecular weight is 320 g/mol. The van der Waals surface area contributed by atoms with Gasteiger partial charge in [0.05, 0.1) is 0 Å². The molecule has 0 heterocycles. The van der Waals surface area contributed by atoms with Crippen molar-refractivity contribution in [1.29, 1.82) is 0 Å². The van der Waals surface area contributed by atoms with Crippen LogP contribution in [-0.2, 0) is 5.41 Å². The van der Waals surface area contributed by atoms with Crippen molar-refractivity contribution in [1.82, 2.24) is 0 Å². The van der Waals surface area contributed by atoms with Gasteiger partial charge in [0.15, 0.2) is 11.5 Å². The third-order valence-corrected chi connectivity index (χ3v) is 4.63. The van der Waals surface area contributed by atoms with Crippen LogP contribution in [0.4, 0.5) is 0 Å². The quantitative estimate of drug-likeness (QED) is 0.493. The summed E-state index contributed by atoms with van der Waals surface area (Å²) in [5, 5.41) is 29.2. The Morgan fingerprint density at radius 1 is 0.625 bits per heavy atom. The van der Waals surface area contributed by atoms with Crippen molar-refractivity contribution in [3.8, 4) is 17.2 Å². The molecule has 0 fully saturated rings. The van der Waals surface area contributed by atoms with Crippen LogP contribution in [0.25, 0.3) is 0 Å². The largest absolute Gasteiger partial charge is 0.508 e. The molecule has 3 rings (SSSR count). The lowest BCUT2D eigenvalue weighted by Crippen LogP contribution is -2.25. The molecule has 0 saturated carbocycles. The van der Waals surface area contributed by atoms with E-state index in [1.165, 1.54) is 11.6 Å². The van der Waals surface area contributed by atoms with Gasteiger partial charge in [0.25, 0.3) is 0 Å². The number of hydrogen-bond donors (Lipinski definition) is 3. The van der Waals surface area contributed by atoms with E-state index in [0.717, 1.165) is 16.7 Å². The van der Waals surface area contributed by atoms with Crippen molar-refractivity contribution >= 4 is 0 Å². The molecule has 0 amide bonds. The number of benzene rings is 3. The Hall–Kier alpha value is -2.94. The van der Waals surface area contributed by atoms with Crippen molar-refractivity contribution in [2.75, 3.05) is 0 Å². The van der Waals surface area contributed by atoms with Gasteiger partial charge in [-0.05, 0) is 54.8 Å². The van der Waals surface area contributed by atoms with Crippen LogP contribution < -0.4 is 0 Å². The highest BCUT2D eigenvalue weighted by Crippen LogP contribution is 2.41. The van der Waals surface area contributed by atoms with Gasteiger partial charge >= 0.3 is 0 Å². The Labute approximate surface area is 141 Å². The second-order valence-corrected chi connectivity index (χ2v) is 6.24. The van der Waals surface area contributed by atoms with Gasteiger partial charge in [-0.1, -0.05) is 48.0 Å². The maximum absolute atomic E-state index is 9.96. The third-order valence-electron chi connectivity index (χ3n) is 4.63. The topological polar surface area (TPSA) is 60.7 Å². The molecule has 1 unspecified atom stereocenters. The Bertz CT molecular complexity index is 804. The summed E-state index contributed by atoms with van der Waals surface area (Å²) in [4.78, 5) is 0. The lowest BCUT2D eigenvalue weighted by molar-refractivity contribution is 0.402. The number of phenols is 3. The first-order valence-electron chi connectivity index (χ1n) is 7.80. The van der Waals surface area contributed by atoms with Gasteiger partial charge < -0.3 is 15.3 Å². The zero-order valence-electron chi connectivity index (χ0n) is 13.7. The highest BCUT2D eigenvalue weighted by molar-refractivity contribution is 5.54. The van der Waals surface area contributed by atoms with E-state index in [1.807, 2.05) is 37.3 Å². The summed E-state index contributed by atoms with van der Waals surface area (Å²) in [6, 6.07) is 20.2. The summed E-state index contributed by atoms with van der Waals surface area (Å²) in [5.74, 6) is -0.0844. The van der Waals surface area contributed by atoms with Crippen LogP contribution >= 0.6 is 0 Å². The van der Waals surface area contributed by atoms with Crippen molar-refractivity contribution in [3.63, 3.8) is 0 Å². The van der Waals surface area contributed by atoms with Crippen LogP contribution in [0.5, 0.6) is 17.2 Å². The average Bonchev–Trinajstić information content (AvgIpc) is 2.58. The van der Waals surface area contributed by atoms with Crippen LogP contribution in [0.3, 0.4) is 0 Å². The molecule has 122 valence electrons. The zero-order valence-corrected chi connectivity index (χ0v) is 13.7. The molecule has 0 aromatic heterocycles. The summed E-state index contributed by atoms with van der Waals surface area (Å²) in [6.45, 7) is 4.10. The number of phenolic OH excluding ortho intramolecular Hbond substituents is 3. The molecule has 3 N–H and O–H groups in total. The van der Waals surface area contributed by atoms with E-state index in [-0.39, 0.29) is 17.2 Å². The molecule has 0 spiro atoms. The van der Waals surface area contributed by atoms with Crippen LogP contribution in [-0.4, -0.2) is 15.3 Å². The maximum atomic E-state index is 9.96. The summed E-state index contributed by atoms with van der Waals surface area (Å²) >= 11 is 0. The molecule has 3 aromatic rings. The van der Waals surface area contributed by atoms with Crippen molar-refractivity contribution < 1.29 is 15.3 Å². The smallest absolute Gasteiger partial charge is 0.157 e. The maximum Gasteiger partial charge on any atom is 0.157 e. The Balaban J connectivity index is 2.25. The standard InChI is InChI=1S/C21H20O3/c1-14-3-5-15(6-4-14)21(2,16-7-10-18(22)11-8-16)17-9-12-19(23)20(24)13-17/h3-13,22-24H,1-2H3. The third kappa shape index (κ3) is 2.69. The molecule has 0 saturated heterocycles. The van der Waals surface area contributed by atoms with E-state index < -0.39 is 5.41 Å². The number of hydrogen-bond acceptors (Lipinski definition) is 3. The first-order chi connectivity index (χ1) is 11.4. The molecule has 0 aliphatic rings. The van der Waals surface area contributed by atoms with Crippen LogP contribution in [0.2, 0.25) is 0 Å². The van der Waals surface area contributed by atoms with E-state index >= 15 is 0 Å².